The molecule has 0 aromatic heterocycles. The van der Waals surface area contributed by atoms with Crippen molar-refractivity contribution in [2.24, 2.45) is 5.41 Å². The molecule has 0 heterocycles. The van der Waals surface area contributed by atoms with Gasteiger partial charge in [0.1, 0.15) is 0 Å². The van der Waals surface area contributed by atoms with Crippen LogP contribution >= 0.6 is 0 Å². The molecule has 0 bridgehead atoms. The van der Waals surface area contributed by atoms with Crippen molar-refractivity contribution in [3.63, 3.8) is 0 Å². The van der Waals surface area contributed by atoms with Gasteiger partial charge in [0, 0.05) is 24.3 Å². The van der Waals surface area contributed by atoms with Crippen LogP contribution in [-0.4, -0.2) is 17.9 Å². The highest BCUT2D eigenvalue weighted by atomic mass is 19.4. The van der Waals surface area contributed by atoms with Crippen LogP contribution in [0.1, 0.15) is 62.5 Å². The zero-order chi connectivity index (χ0) is 19.2. The monoisotopic (exact) mass is 375 g/mol. The largest absolute Gasteiger partial charge is 0.416 e. The number of hydrogen-bond acceptors (Lipinski definition) is 1. The van der Waals surface area contributed by atoms with Crippen LogP contribution in [0.2, 0.25) is 0 Å². The predicted molar refractivity (Wildman–Crippen MR) is 86.9 cm³/mol. The van der Waals surface area contributed by atoms with Crippen LogP contribution in [0.15, 0.2) is 24.3 Å². The van der Waals surface area contributed by atoms with Crippen LogP contribution in [0.3, 0.4) is 0 Å². The van der Waals surface area contributed by atoms with E-state index in [4.69, 9.17) is 0 Å². The van der Waals surface area contributed by atoms with E-state index in [1.54, 1.807) is 6.92 Å². The summed E-state index contributed by atoms with van der Waals surface area (Å²) < 4.78 is 64.3. The second-order valence-corrected chi connectivity index (χ2v) is 7.88. The van der Waals surface area contributed by atoms with E-state index in [2.05, 4.69) is 5.32 Å². The summed E-state index contributed by atoms with van der Waals surface area (Å²) in [5.74, 6) is -2.75. The molecule has 2 saturated carbocycles. The maximum Gasteiger partial charge on any atom is 0.416 e. The van der Waals surface area contributed by atoms with Gasteiger partial charge in [0.05, 0.1) is 5.56 Å². The summed E-state index contributed by atoms with van der Waals surface area (Å²) in [5, 5.41) is 2.93. The normalized spacial score (nSPS) is 27.5. The first-order chi connectivity index (χ1) is 12.0. The molecule has 7 heteroatoms. The van der Waals surface area contributed by atoms with Crippen molar-refractivity contribution in [3.8, 4) is 0 Å². The molecule has 1 N–H and O–H groups in total. The average molecular weight is 375 g/mol. The molecule has 144 valence electrons. The predicted octanol–water partition coefficient (Wildman–Crippen LogP) is 5.28. The quantitative estimate of drug-likeness (QED) is 0.715. The van der Waals surface area contributed by atoms with Crippen molar-refractivity contribution < 1.29 is 26.7 Å². The van der Waals surface area contributed by atoms with Gasteiger partial charge < -0.3 is 5.32 Å². The Labute approximate surface area is 149 Å². The third-order valence-corrected chi connectivity index (χ3v) is 5.82. The van der Waals surface area contributed by atoms with Gasteiger partial charge in [-0.1, -0.05) is 19.1 Å². The van der Waals surface area contributed by atoms with Gasteiger partial charge in [-0.15, -0.1) is 0 Å². The molecule has 2 aliphatic rings. The fraction of sp³-hybridized carbons (Fsp3) is 0.632. The van der Waals surface area contributed by atoms with E-state index in [9.17, 15) is 26.7 Å². The van der Waals surface area contributed by atoms with Gasteiger partial charge in [-0.2, -0.15) is 13.2 Å². The van der Waals surface area contributed by atoms with Crippen molar-refractivity contribution in [1.82, 2.24) is 5.32 Å². The Morgan fingerprint density at radius 2 is 1.58 bits per heavy atom. The fourth-order valence-corrected chi connectivity index (χ4v) is 3.71. The third-order valence-electron chi connectivity index (χ3n) is 5.82. The molecule has 3 rings (SSSR count). The van der Waals surface area contributed by atoms with Crippen molar-refractivity contribution in [2.45, 2.75) is 69.5 Å². The standard InChI is InChI=1S/C19H22F5NO/c1-17(6-8-18(20,21)9-7-17)16(26)25-15-10-13(11-15)12-2-4-14(5-3-12)19(22,23)24/h2-5,13,15H,6-11H2,1H3,(H,25,26). The van der Waals surface area contributed by atoms with Gasteiger partial charge in [-0.05, 0) is 49.3 Å². The van der Waals surface area contributed by atoms with E-state index in [1.807, 2.05) is 0 Å². The SMILES string of the molecule is CC1(C(=O)NC2CC(c3ccc(C(F)(F)F)cc3)C2)CCC(F)(F)CC1. The molecule has 0 aliphatic heterocycles. The van der Waals surface area contributed by atoms with E-state index in [1.165, 1.54) is 12.1 Å². The number of rotatable bonds is 3. The number of benzene rings is 1. The number of hydrogen-bond donors (Lipinski definition) is 1. The minimum atomic E-state index is -4.35. The summed E-state index contributed by atoms with van der Waals surface area (Å²) >= 11 is 0. The lowest BCUT2D eigenvalue weighted by Crippen LogP contribution is -2.50. The van der Waals surface area contributed by atoms with Gasteiger partial charge >= 0.3 is 6.18 Å². The Morgan fingerprint density at radius 3 is 2.08 bits per heavy atom. The number of amides is 1. The van der Waals surface area contributed by atoms with E-state index in [-0.39, 0.29) is 43.6 Å². The summed E-state index contributed by atoms with van der Waals surface area (Å²) in [5.41, 5.74) is -0.610. The van der Waals surface area contributed by atoms with Gasteiger partial charge in [0.2, 0.25) is 11.8 Å². The Kier molecular flexibility index (Phi) is 4.78. The number of carbonyl (C=O) groups excluding carboxylic acids is 1. The highest BCUT2D eigenvalue weighted by molar-refractivity contribution is 5.82. The molecule has 0 spiro atoms. The zero-order valence-electron chi connectivity index (χ0n) is 14.5. The van der Waals surface area contributed by atoms with E-state index in [0.29, 0.717) is 12.8 Å². The summed E-state index contributed by atoms with van der Waals surface area (Å²) in [4.78, 5) is 12.5. The topological polar surface area (TPSA) is 29.1 Å². The molecule has 2 nitrogen and oxygen atoms in total. The number of halogens is 5. The fourth-order valence-electron chi connectivity index (χ4n) is 3.71. The first kappa shape index (κ1) is 19.1. The number of nitrogens with one attached hydrogen (secondary N) is 1. The van der Waals surface area contributed by atoms with Gasteiger partial charge in [-0.25, -0.2) is 8.78 Å². The van der Waals surface area contributed by atoms with E-state index < -0.39 is 23.1 Å². The molecule has 2 aliphatic carbocycles. The first-order valence-corrected chi connectivity index (χ1v) is 8.84. The summed E-state index contributed by atoms with van der Waals surface area (Å²) in [6, 6.07) is 5.07. The van der Waals surface area contributed by atoms with Gasteiger partial charge in [-0.3, -0.25) is 4.79 Å². The molecular weight excluding hydrogens is 353 g/mol. The molecular formula is C19H22F5NO. The number of alkyl halides is 5. The summed E-state index contributed by atoms with van der Waals surface area (Å²) in [6.07, 6.45) is -3.24. The van der Waals surface area contributed by atoms with Crippen molar-refractivity contribution in [1.29, 1.82) is 0 Å². The summed E-state index contributed by atoms with van der Waals surface area (Å²) in [6.45, 7) is 1.73. The van der Waals surface area contributed by atoms with Crippen LogP contribution in [0.4, 0.5) is 22.0 Å². The lowest BCUT2D eigenvalue weighted by Gasteiger charge is -2.41. The lowest BCUT2D eigenvalue weighted by atomic mass is 9.72. The van der Waals surface area contributed by atoms with Crippen LogP contribution in [0.25, 0.3) is 0 Å². The smallest absolute Gasteiger partial charge is 0.353 e. The number of carbonyl (C=O) groups is 1. The molecule has 0 radical (unpaired) electrons. The van der Waals surface area contributed by atoms with E-state index in [0.717, 1.165) is 17.7 Å². The molecule has 1 aromatic carbocycles. The molecule has 0 saturated heterocycles. The third kappa shape index (κ3) is 4.01. The highest BCUT2D eigenvalue weighted by Crippen LogP contribution is 2.44. The molecule has 2 fully saturated rings. The van der Waals surface area contributed by atoms with Crippen LogP contribution in [-0.2, 0) is 11.0 Å². The second kappa shape index (κ2) is 6.50. The first-order valence-electron chi connectivity index (χ1n) is 8.84. The Balaban J connectivity index is 1.50. The molecule has 1 amide bonds. The van der Waals surface area contributed by atoms with Crippen molar-refractivity contribution in [2.75, 3.05) is 0 Å². The molecule has 0 unspecified atom stereocenters. The Hall–Kier alpha value is -1.66. The highest BCUT2D eigenvalue weighted by Gasteiger charge is 2.45. The molecule has 1 aromatic rings. The molecule has 26 heavy (non-hydrogen) atoms. The van der Waals surface area contributed by atoms with Crippen molar-refractivity contribution >= 4 is 5.91 Å². The summed E-state index contributed by atoms with van der Waals surface area (Å²) in [7, 11) is 0. The average Bonchev–Trinajstić information content (AvgIpc) is 2.52. The Bertz CT molecular complexity index is 652. The zero-order valence-corrected chi connectivity index (χ0v) is 14.5. The van der Waals surface area contributed by atoms with Gasteiger partial charge in [0.25, 0.3) is 0 Å². The maximum atomic E-state index is 13.3. The minimum absolute atomic E-state index is 0.0472. The second-order valence-electron chi connectivity index (χ2n) is 7.88. The minimum Gasteiger partial charge on any atom is -0.353 e. The molecule has 0 atom stereocenters. The van der Waals surface area contributed by atoms with Crippen LogP contribution in [0, 0.1) is 5.41 Å². The van der Waals surface area contributed by atoms with Gasteiger partial charge in [0.15, 0.2) is 0 Å². The van der Waals surface area contributed by atoms with Crippen molar-refractivity contribution in [3.05, 3.63) is 35.4 Å². The lowest BCUT2D eigenvalue weighted by molar-refractivity contribution is -0.139. The van der Waals surface area contributed by atoms with E-state index >= 15 is 0 Å². The van der Waals surface area contributed by atoms with Crippen LogP contribution < -0.4 is 5.32 Å². The van der Waals surface area contributed by atoms with Crippen LogP contribution in [0.5, 0.6) is 0 Å². The maximum absolute atomic E-state index is 13.3. The Morgan fingerprint density at radius 1 is 1.04 bits per heavy atom.